The lowest BCUT2D eigenvalue weighted by molar-refractivity contribution is -0.140. The van der Waals surface area contributed by atoms with Crippen LogP contribution >= 0.6 is 11.6 Å². The van der Waals surface area contributed by atoms with Crippen LogP contribution in [0, 0.1) is 12.7 Å². The van der Waals surface area contributed by atoms with E-state index in [-0.39, 0.29) is 46.7 Å². The molecule has 12 heteroatoms. The molecule has 0 aliphatic carbocycles. The van der Waals surface area contributed by atoms with Crippen molar-refractivity contribution in [1.29, 1.82) is 0 Å². The Labute approximate surface area is 241 Å². The molecule has 0 atom stereocenters. The molecule has 0 radical (unpaired) electrons. The summed E-state index contributed by atoms with van der Waals surface area (Å²) in [5, 5.41) is 0.226. The van der Waals surface area contributed by atoms with Gasteiger partial charge in [-0.05, 0) is 66.9 Å². The summed E-state index contributed by atoms with van der Waals surface area (Å²) in [7, 11) is -2.95. The van der Waals surface area contributed by atoms with Gasteiger partial charge in [0.1, 0.15) is 18.2 Å². The Morgan fingerprint density at radius 1 is 1.15 bits per heavy atom. The largest absolute Gasteiger partial charge is 0.489 e. The molecule has 0 saturated heterocycles. The summed E-state index contributed by atoms with van der Waals surface area (Å²) in [6, 6.07) is 12.0. The number of sulfonamides is 1. The lowest BCUT2D eigenvalue weighted by Gasteiger charge is -2.31. The molecule has 3 aromatic carbocycles. The van der Waals surface area contributed by atoms with Gasteiger partial charge in [-0.2, -0.15) is 13.2 Å². The fourth-order valence-corrected chi connectivity index (χ4v) is 5.87. The van der Waals surface area contributed by atoms with Crippen molar-refractivity contribution in [2.45, 2.75) is 38.3 Å². The van der Waals surface area contributed by atoms with Crippen LogP contribution in [0.1, 0.15) is 42.5 Å². The van der Waals surface area contributed by atoms with Crippen molar-refractivity contribution in [2.75, 3.05) is 24.6 Å². The number of hydrogen-bond acceptors (Lipinski definition) is 5. The number of fused-ring (bicyclic) bond motifs is 1. The fourth-order valence-electron chi connectivity index (χ4n) is 4.09. The van der Waals surface area contributed by atoms with Gasteiger partial charge in [0.25, 0.3) is 10.0 Å². The molecule has 220 valence electrons. The summed E-state index contributed by atoms with van der Waals surface area (Å²) in [6.45, 7) is 4.64. The number of rotatable bonds is 5. The quantitative estimate of drug-likeness (QED) is 0.169. The van der Waals surface area contributed by atoms with Gasteiger partial charge < -0.3 is 9.47 Å². The Morgan fingerprint density at radius 2 is 1.85 bits per heavy atom. The van der Waals surface area contributed by atoms with E-state index in [1.807, 2.05) is 0 Å². The maximum atomic E-state index is 14.3. The van der Waals surface area contributed by atoms with Crippen LogP contribution in [0.2, 0.25) is 5.02 Å². The van der Waals surface area contributed by atoms with Crippen molar-refractivity contribution in [1.82, 2.24) is 0 Å². The Morgan fingerprint density at radius 3 is 2.44 bits per heavy atom. The summed E-state index contributed by atoms with van der Waals surface area (Å²) in [5.74, 6) is -0.395. The molecule has 1 heterocycles. The first-order chi connectivity index (χ1) is 19.2. The zero-order valence-corrected chi connectivity index (χ0v) is 24.3. The van der Waals surface area contributed by atoms with Gasteiger partial charge in [-0.3, -0.25) is 9.10 Å². The average molecular weight is 614 g/mol. The van der Waals surface area contributed by atoms with Gasteiger partial charge in [0.15, 0.2) is 0 Å². The third kappa shape index (κ3) is 7.39. The number of benzene rings is 3. The molecule has 3 aromatic rings. The predicted molar refractivity (Wildman–Crippen MR) is 150 cm³/mol. The number of aryl methyl sites for hydroxylation is 1. The third-order valence-electron chi connectivity index (χ3n) is 6.16. The van der Waals surface area contributed by atoms with Crippen LogP contribution in [0.15, 0.2) is 59.5 Å². The summed E-state index contributed by atoms with van der Waals surface area (Å²) >= 11 is 6.14. The molecule has 0 spiro atoms. The number of anilines is 1. The van der Waals surface area contributed by atoms with Crippen LogP contribution in [-0.4, -0.2) is 34.6 Å². The third-order valence-corrected chi connectivity index (χ3v) is 8.29. The molecule has 41 heavy (non-hydrogen) atoms. The SMILES string of the molecule is C/C(=C\c1ccc2c(c1)N(S(=O)(=O)c1ccc(C)c(C(F)(F)F)c1)CCO2)c1c(F)cccc1Cl.CCC(=O)OC. The first kappa shape index (κ1) is 32.0. The second-order valence-electron chi connectivity index (χ2n) is 8.98. The molecule has 4 rings (SSSR count). The number of halogens is 5. The minimum atomic E-state index is -4.69. The Kier molecular flexibility index (Phi) is 10.1. The zero-order chi connectivity index (χ0) is 30.5. The van der Waals surface area contributed by atoms with Crippen LogP contribution in [0.4, 0.5) is 23.2 Å². The Hall–Kier alpha value is -3.57. The zero-order valence-electron chi connectivity index (χ0n) is 22.7. The van der Waals surface area contributed by atoms with Crippen molar-refractivity contribution in [2.24, 2.45) is 0 Å². The van der Waals surface area contributed by atoms with Gasteiger partial charge in [0.2, 0.25) is 0 Å². The fraction of sp³-hybridized carbons (Fsp3) is 0.276. The standard InChI is InChI=1S/C25H20ClF4NO3S.C4H8O2/c1-15-6-8-18(14-19(15)25(28,29)30)35(32,33)31-10-11-34-23-9-7-17(13-22(23)31)12-16(2)24-20(26)4-3-5-21(24)27;1-3-4(5)6-2/h3-9,12-14H,10-11H2,1-2H3;3H2,1-2H3/b16-12+;. The molecular formula is C29H28ClF4NO5S. The van der Waals surface area contributed by atoms with Crippen LogP contribution in [0.5, 0.6) is 5.75 Å². The molecule has 0 aromatic heterocycles. The summed E-state index contributed by atoms with van der Waals surface area (Å²) in [4.78, 5) is 9.48. The number of allylic oxidation sites excluding steroid dienone is 1. The van der Waals surface area contributed by atoms with Gasteiger partial charge in [0, 0.05) is 12.0 Å². The molecule has 0 fully saturated rings. The lowest BCUT2D eigenvalue weighted by Crippen LogP contribution is -2.38. The van der Waals surface area contributed by atoms with E-state index in [0.29, 0.717) is 23.6 Å². The van der Waals surface area contributed by atoms with E-state index >= 15 is 0 Å². The van der Waals surface area contributed by atoms with Gasteiger partial charge >= 0.3 is 12.1 Å². The molecule has 0 bridgehead atoms. The molecule has 6 nitrogen and oxygen atoms in total. The maximum absolute atomic E-state index is 14.3. The normalized spacial score (nSPS) is 13.5. The smallest absolute Gasteiger partial charge is 0.416 e. The molecule has 0 saturated carbocycles. The highest BCUT2D eigenvalue weighted by atomic mass is 35.5. The van der Waals surface area contributed by atoms with E-state index in [2.05, 4.69) is 4.74 Å². The van der Waals surface area contributed by atoms with E-state index in [4.69, 9.17) is 16.3 Å². The van der Waals surface area contributed by atoms with E-state index < -0.39 is 32.5 Å². The minimum Gasteiger partial charge on any atom is -0.489 e. The number of methoxy groups -OCH3 is 1. The molecule has 0 amide bonds. The van der Waals surface area contributed by atoms with Gasteiger partial charge in [-0.1, -0.05) is 42.8 Å². The van der Waals surface area contributed by atoms with E-state index in [0.717, 1.165) is 16.4 Å². The number of nitrogens with zero attached hydrogens (tertiary/aromatic N) is 1. The number of hydrogen-bond donors (Lipinski definition) is 0. The second-order valence-corrected chi connectivity index (χ2v) is 11.3. The van der Waals surface area contributed by atoms with Gasteiger partial charge in [0.05, 0.1) is 34.8 Å². The van der Waals surface area contributed by atoms with E-state index in [9.17, 15) is 30.8 Å². The molecule has 0 unspecified atom stereocenters. The van der Waals surface area contributed by atoms with Gasteiger partial charge in [-0.25, -0.2) is 12.8 Å². The van der Waals surface area contributed by atoms with Gasteiger partial charge in [-0.15, -0.1) is 0 Å². The van der Waals surface area contributed by atoms with Crippen molar-refractivity contribution in [3.8, 4) is 5.75 Å². The molecule has 0 N–H and O–H groups in total. The first-order valence-corrected chi connectivity index (χ1v) is 14.2. The van der Waals surface area contributed by atoms with Crippen LogP contribution in [0.3, 0.4) is 0 Å². The summed E-state index contributed by atoms with van der Waals surface area (Å²) < 4.78 is 92.2. The van der Waals surface area contributed by atoms with E-state index in [1.54, 1.807) is 38.1 Å². The number of alkyl halides is 3. The monoisotopic (exact) mass is 613 g/mol. The van der Waals surface area contributed by atoms with Crippen molar-refractivity contribution < 1.29 is 40.2 Å². The average Bonchev–Trinajstić information content (AvgIpc) is 2.92. The highest BCUT2D eigenvalue weighted by molar-refractivity contribution is 7.92. The number of carbonyl (C=O) groups is 1. The van der Waals surface area contributed by atoms with Crippen molar-refractivity contribution in [3.63, 3.8) is 0 Å². The van der Waals surface area contributed by atoms with Crippen LogP contribution in [-0.2, 0) is 25.7 Å². The lowest BCUT2D eigenvalue weighted by atomic mass is 10.0. The number of carbonyl (C=O) groups excluding carboxylic acids is 1. The predicted octanol–water partition coefficient (Wildman–Crippen LogP) is 7.52. The topological polar surface area (TPSA) is 72.9 Å². The minimum absolute atomic E-state index is 0.0310. The summed E-state index contributed by atoms with van der Waals surface area (Å²) in [5.41, 5.74) is 0.340. The number of ether oxygens (including phenoxy) is 2. The van der Waals surface area contributed by atoms with Crippen molar-refractivity contribution >= 4 is 44.9 Å². The molecule has 1 aliphatic heterocycles. The number of esters is 1. The van der Waals surface area contributed by atoms with E-state index in [1.165, 1.54) is 32.2 Å². The Balaban J connectivity index is 0.000000696. The van der Waals surface area contributed by atoms with Crippen LogP contribution in [0.25, 0.3) is 11.6 Å². The van der Waals surface area contributed by atoms with Crippen LogP contribution < -0.4 is 9.04 Å². The second kappa shape index (κ2) is 12.9. The van der Waals surface area contributed by atoms with Crippen molar-refractivity contribution in [3.05, 3.63) is 87.7 Å². The highest BCUT2D eigenvalue weighted by Gasteiger charge is 2.36. The first-order valence-electron chi connectivity index (χ1n) is 12.4. The summed E-state index contributed by atoms with van der Waals surface area (Å²) in [6.07, 6.45) is -2.59. The maximum Gasteiger partial charge on any atom is 0.416 e. The molecular weight excluding hydrogens is 586 g/mol. The molecule has 1 aliphatic rings. The Bertz CT molecular complexity index is 1550. The highest BCUT2D eigenvalue weighted by Crippen LogP contribution is 2.39.